The average molecular weight is 408 g/mol. The molecule has 0 bridgehead atoms. The highest BCUT2D eigenvalue weighted by atomic mass is 35.5. The maximum atomic E-state index is 6.20. The first kappa shape index (κ1) is 25.3. The van der Waals surface area contributed by atoms with Gasteiger partial charge >= 0.3 is 0 Å². The van der Waals surface area contributed by atoms with Gasteiger partial charge < -0.3 is 10.2 Å². The molecule has 1 N–H and O–H groups in total. The molecule has 3 heteroatoms. The van der Waals surface area contributed by atoms with Crippen molar-refractivity contribution in [1.29, 1.82) is 0 Å². The van der Waals surface area contributed by atoms with Gasteiger partial charge in [-0.2, -0.15) is 0 Å². The molecule has 1 rings (SSSR count). The molecule has 1 aromatic rings. The van der Waals surface area contributed by atoms with Crippen molar-refractivity contribution < 1.29 is 0 Å². The lowest BCUT2D eigenvalue weighted by molar-refractivity contribution is 0.259. The van der Waals surface area contributed by atoms with Crippen molar-refractivity contribution in [3.63, 3.8) is 0 Å². The minimum absolute atomic E-state index is 0.763. The summed E-state index contributed by atoms with van der Waals surface area (Å²) >= 11 is 6.20. The Hall–Kier alpha value is -0.730. The van der Waals surface area contributed by atoms with Gasteiger partial charge in [-0.1, -0.05) is 95.7 Å². The highest BCUT2D eigenvalue weighted by Crippen LogP contribution is 2.20. The highest BCUT2D eigenvalue weighted by Gasteiger charge is 2.05. The van der Waals surface area contributed by atoms with Crippen LogP contribution in [0.3, 0.4) is 0 Å². The van der Waals surface area contributed by atoms with Crippen molar-refractivity contribution in [1.82, 2.24) is 4.90 Å². The summed E-state index contributed by atoms with van der Waals surface area (Å²) in [7, 11) is 0. The summed E-state index contributed by atoms with van der Waals surface area (Å²) in [6.45, 7) is 9.28. The third-order valence-corrected chi connectivity index (χ3v) is 5.75. The quantitative estimate of drug-likeness (QED) is 0.234. The monoisotopic (exact) mass is 407 g/mol. The Balaban J connectivity index is 2.23. The van der Waals surface area contributed by atoms with Gasteiger partial charge in [0.2, 0.25) is 0 Å². The molecular weight excluding hydrogens is 364 g/mol. The van der Waals surface area contributed by atoms with E-state index in [1.165, 1.54) is 103 Å². The molecule has 0 saturated carbocycles. The molecule has 1 radical (unpaired) electrons. The Bertz CT molecular complexity index is 448. The minimum atomic E-state index is 0.763. The van der Waals surface area contributed by atoms with E-state index in [9.17, 15) is 0 Å². The van der Waals surface area contributed by atoms with E-state index in [4.69, 9.17) is 11.6 Å². The zero-order valence-electron chi connectivity index (χ0n) is 18.6. The molecule has 161 valence electrons. The first-order valence-corrected chi connectivity index (χ1v) is 12.3. The standard InChI is InChI=1S/C25H44ClN2/c1-3-5-7-9-11-15-21-28(22-16-12-10-8-6-4-2)23-17-20-27-25-19-14-13-18-24(25)26/h14,18-19,27H,3-12,15-17,20-23H2,1-2H3. The van der Waals surface area contributed by atoms with Gasteiger partial charge in [-0.15, -0.1) is 0 Å². The number of anilines is 1. The lowest BCUT2D eigenvalue weighted by Crippen LogP contribution is -2.28. The number of nitrogens with one attached hydrogen (secondary N) is 1. The zero-order valence-corrected chi connectivity index (χ0v) is 19.3. The fourth-order valence-electron chi connectivity index (χ4n) is 3.65. The summed E-state index contributed by atoms with van der Waals surface area (Å²) in [6, 6.07) is 8.76. The molecule has 0 saturated heterocycles. The Morgan fingerprint density at radius 3 is 1.89 bits per heavy atom. The van der Waals surface area contributed by atoms with Crippen molar-refractivity contribution in [2.24, 2.45) is 0 Å². The third-order valence-electron chi connectivity index (χ3n) is 5.44. The Labute approximate surface area is 180 Å². The van der Waals surface area contributed by atoms with Crippen LogP contribution in [0, 0.1) is 6.07 Å². The molecule has 0 amide bonds. The Kier molecular flexibility index (Phi) is 16.5. The van der Waals surface area contributed by atoms with E-state index in [0.717, 1.165) is 17.3 Å². The van der Waals surface area contributed by atoms with E-state index in [1.54, 1.807) is 0 Å². The van der Waals surface area contributed by atoms with Crippen LogP contribution >= 0.6 is 11.6 Å². The molecule has 28 heavy (non-hydrogen) atoms. The fraction of sp³-hybridized carbons (Fsp3) is 0.760. The van der Waals surface area contributed by atoms with Gasteiger partial charge in [0.15, 0.2) is 0 Å². The van der Waals surface area contributed by atoms with Crippen molar-refractivity contribution in [3.8, 4) is 0 Å². The van der Waals surface area contributed by atoms with E-state index >= 15 is 0 Å². The summed E-state index contributed by atoms with van der Waals surface area (Å²) in [5.74, 6) is 0. The van der Waals surface area contributed by atoms with Gasteiger partial charge in [0, 0.05) is 6.54 Å². The number of halogens is 1. The molecule has 0 unspecified atom stereocenters. The summed E-state index contributed by atoms with van der Waals surface area (Å²) in [5, 5.41) is 4.23. The van der Waals surface area contributed by atoms with Crippen LogP contribution in [-0.4, -0.2) is 31.1 Å². The summed E-state index contributed by atoms with van der Waals surface area (Å²) in [4.78, 5) is 2.70. The molecule has 0 aromatic heterocycles. The summed E-state index contributed by atoms with van der Waals surface area (Å²) in [6.07, 6.45) is 17.7. The maximum Gasteiger partial charge on any atom is 0.0643 e. The third kappa shape index (κ3) is 13.4. The van der Waals surface area contributed by atoms with Crippen LogP contribution in [0.2, 0.25) is 5.02 Å². The number of benzene rings is 1. The van der Waals surface area contributed by atoms with Gasteiger partial charge in [-0.05, 0) is 57.1 Å². The van der Waals surface area contributed by atoms with Crippen LogP contribution in [0.25, 0.3) is 0 Å². The number of nitrogens with zero attached hydrogens (tertiary/aromatic N) is 1. The van der Waals surface area contributed by atoms with Crippen LogP contribution in [0.15, 0.2) is 18.2 Å². The molecule has 2 nitrogen and oxygen atoms in total. The lowest BCUT2D eigenvalue weighted by Gasteiger charge is -2.22. The van der Waals surface area contributed by atoms with Crippen molar-refractivity contribution in [3.05, 3.63) is 29.3 Å². The van der Waals surface area contributed by atoms with Crippen LogP contribution in [0.4, 0.5) is 5.69 Å². The molecule has 0 aliphatic heterocycles. The predicted molar refractivity (Wildman–Crippen MR) is 127 cm³/mol. The number of rotatable bonds is 19. The molecule has 0 aliphatic rings. The van der Waals surface area contributed by atoms with Crippen molar-refractivity contribution >= 4 is 17.3 Å². The molecule has 0 fully saturated rings. The molecule has 1 aromatic carbocycles. The first-order chi connectivity index (χ1) is 13.8. The SMILES string of the molecule is CCCCCCCCN(CCCCCCCC)CCCNc1cc[c]cc1Cl. The van der Waals surface area contributed by atoms with E-state index in [0.29, 0.717) is 0 Å². The summed E-state index contributed by atoms with van der Waals surface area (Å²) < 4.78 is 0. The average Bonchev–Trinajstić information content (AvgIpc) is 2.71. The maximum absolute atomic E-state index is 6.20. The molecular formula is C25H44ClN2. The van der Waals surface area contributed by atoms with Crippen molar-refractivity contribution in [2.75, 3.05) is 31.5 Å². The van der Waals surface area contributed by atoms with Crippen LogP contribution in [-0.2, 0) is 0 Å². The second kappa shape index (κ2) is 18.3. The molecule has 0 aliphatic carbocycles. The fourth-order valence-corrected chi connectivity index (χ4v) is 3.84. The van der Waals surface area contributed by atoms with Gasteiger partial charge in [-0.25, -0.2) is 0 Å². The number of hydrogen-bond donors (Lipinski definition) is 1. The number of unbranched alkanes of at least 4 members (excludes halogenated alkanes) is 10. The second-order valence-corrected chi connectivity index (χ2v) is 8.47. The highest BCUT2D eigenvalue weighted by molar-refractivity contribution is 6.33. The molecule has 0 atom stereocenters. The van der Waals surface area contributed by atoms with Crippen LogP contribution in [0.5, 0.6) is 0 Å². The van der Waals surface area contributed by atoms with Gasteiger partial charge in [0.25, 0.3) is 0 Å². The van der Waals surface area contributed by atoms with E-state index < -0.39 is 0 Å². The minimum Gasteiger partial charge on any atom is -0.384 e. The Morgan fingerprint density at radius 1 is 0.786 bits per heavy atom. The number of hydrogen-bond acceptors (Lipinski definition) is 2. The molecule has 0 heterocycles. The molecule has 0 spiro atoms. The van der Waals surface area contributed by atoms with Gasteiger partial charge in [0.05, 0.1) is 10.7 Å². The normalized spacial score (nSPS) is 11.3. The van der Waals surface area contributed by atoms with E-state index in [-0.39, 0.29) is 0 Å². The Morgan fingerprint density at radius 2 is 1.32 bits per heavy atom. The second-order valence-electron chi connectivity index (χ2n) is 8.06. The largest absolute Gasteiger partial charge is 0.384 e. The zero-order chi connectivity index (χ0) is 20.3. The van der Waals surface area contributed by atoms with Crippen molar-refractivity contribution in [2.45, 2.75) is 97.3 Å². The van der Waals surface area contributed by atoms with Gasteiger partial charge in [-0.3, -0.25) is 0 Å². The summed E-state index contributed by atoms with van der Waals surface area (Å²) in [5.41, 5.74) is 1.03. The van der Waals surface area contributed by atoms with E-state index in [2.05, 4.69) is 30.1 Å². The van der Waals surface area contributed by atoms with Crippen LogP contribution < -0.4 is 5.32 Å². The van der Waals surface area contributed by atoms with Gasteiger partial charge in [0.1, 0.15) is 0 Å². The van der Waals surface area contributed by atoms with E-state index in [1.807, 2.05) is 18.2 Å². The van der Waals surface area contributed by atoms with Crippen LogP contribution in [0.1, 0.15) is 97.3 Å². The first-order valence-electron chi connectivity index (χ1n) is 11.9. The smallest absolute Gasteiger partial charge is 0.0643 e. The lowest BCUT2D eigenvalue weighted by atomic mass is 10.1. The topological polar surface area (TPSA) is 15.3 Å². The predicted octanol–water partition coefficient (Wildman–Crippen LogP) is 7.97.